The van der Waals surface area contributed by atoms with Crippen LogP contribution in [0.2, 0.25) is 0 Å². The molecule has 0 N–H and O–H groups in total. The maximum Gasteiger partial charge on any atom is 0.253 e. The predicted molar refractivity (Wildman–Crippen MR) is 29.2 cm³/mol. The van der Waals surface area contributed by atoms with Crippen molar-refractivity contribution < 1.29 is 9.56 Å². The molecule has 0 aromatic carbocycles. The van der Waals surface area contributed by atoms with Crippen LogP contribution in [0, 0.1) is 0 Å². The number of halogens is 2. The van der Waals surface area contributed by atoms with Crippen LogP contribution in [0.25, 0.3) is 0 Å². The summed E-state index contributed by atoms with van der Waals surface area (Å²) >= 11 is 10.6. The topological polar surface area (TPSA) is 18.5 Å². The fourth-order valence-electron chi connectivity index (χ4n) is 0.171. The normalized spacial score (nSPS) is 23.7. The molecule has 0 saturated heterocycles. The summed E-state index contributed by atoms with van der Waals surface area (Å²) < 4.78 is 4.80. The molecule has 1 aliphatic rings. The molecular weight excluding hydrogens is 158 g/mol. The Kier molecular flexibility index (Phi) is 1.76. The monoisotopic (exact) mass is 158 g/mol. The van der Waals surface area contributed by atoms with Crippen molar-refractivity contribution in [2.24, 2.45) is 0 Å². The summed E-state index contributed by atoms with van der Waals surface area (Å²) in [6.45, 7) is 0. The van der Waals surface area contributed by atoms with Gasteiger partial charge in [0.25, 0.3) is 5.22 Å². The van der Waals surface area contributed by atoms with Crippen molar-refractivity contribution in [3.63, 3.8) is 0 Å². The largest absolute Gasteiger partial charge is 0.320 e. The summed E-state index contributed by atoms with van der Waals surface area (Å²) in [5, 5.41) is 0.153. The van der Waals surface area contributed by atoms with Crippen LogP contribution >= 0.6 is 32.0 Å². The van der Waals surface area contributed by atoms with Gasteiger partial charge in [0.15, 0.2) is 0 Å². The summed E-state index contributed by atoms with van der Waals surface area (Å²) in [6, 6.07) is 0. The van der Waals surface area contributed by atoms with E-state index in [-0.39, 0.29) is 14.0 Å². The molecule has 1 unspecified atom stereocenters. The Bertz CT molecular complexity index is 100. The van der Waals surface area contributed by atoms with Gasteiger partial charge >= 0.3 is 0 Å². The molecule has 2 nitrogen and oxygen atoms in total. The average Bonchev–Trinajstić information content (AvgIpc) is 1.91. The summed E-state index contributed by atoms with van der Waals surface area (Å²) in [6.07, 6.45) is 0. The van der Waals surface area contributed by atoms with Crippen molar-refractivity contribution in [1.29, 1.82) is 0 Å². The molecule has 0 spiro atoms. The highest BCUT2D eigenvalue weighted by Gasteiger charge is 2.12. The summed E-state index contributed by atoms with van der Waals surface area (Å²) in [5.41, 5.74) is 0. The lowest BCUT2D eigenvalue weighted by molar-refractivity contribution is -0.133. The maximum absolute atomic E-state index is 5.37. The third-order valence-electron chi connectivity index (χ3n) is 0.419. The number of rotatable bonds is 0. The van der Waals surface area contributed by atoms with E-state index in [1.165, 1.54) is 0 Å². The Labute approximate surface area is 52.2 Å². The van der Waals surface area contributed by atoms with Gasteiger partial charge in [0, 0.05) is 0 Å². The standard InChI is InChI=1S/C2HCl2O2P/c3-1-2(4)7-6-5-1/h7H. The molecule has 0 radical (unpaired) electrons. The van der Waals surface area contributed by atoms with E-state index in [1.54, 1.807) is 0 Å². The first-order valence-electron chi connectivity index (χ1n) is 1.45. The van der Waals surface area contributed by atoms with E-state index in [9.17, 15) is 0 Å². The zero-order valence-electron chi connectivity index (χ0n) is 3.07. The minimum absolute atomic E-state index is 0.0536. The molecule has 1 heterocycles. The third-order valence-corrected chi connectivity index (χ3v) is 1.90. The maximum atomic E-state index is 5.37. The summed E-state index contributed by atoms with van der Waals surface area (Å²) in [4.78, 5) is 4.29. The summed E-state index contributed by atoms with van der Waals surface area (Å²) in [5.74, 6) is 0. The molecule has 0 aliphatic carbocycles. The van der Waals surface area contributed by atoms with Crippen molar-refractivity contribution in [1.82, 2.24) is 0 Å². The highest BCUT2D eigenvalue weighted by Crippen LogP contribution is 2.40. The van der Waals surface area contributed by atoms with E-state index in [4.69, 9.17) is 23.2 Å². The van der Waals surface area contributed by atoms with E-state index < -0.39 is 0 Å². The molecule has 40 valence electrons. The lowest BCUT2D eigenvalue weighted by atomic mass is 11.1. The van der Waals surface area contributed by atoms with Crippen LogP contribution in [-0.4, -0.2) is 0 Å². The van der Waals surface area contributed by atoms with Gasteiger partial charge in [-0.15, -0.1) is 0 Å². The predicted octanol–water partition coefficient (Wildman–Crippen LogP) is 2.15. The van der Waals surface area contributed by atoms with Crippen molar-refractivity contribution in [2.45, 2.75) is 0 Å². The molecule has 0 aromatic rings. The minimum Gasteiger partial charge on any atom is -0.320 e. The van der Waals surface area contributed by atoms with Crippen LogP contribution < -0.4 is 0 Å². The van der Waals surface area contributed by atoms with E-state index in [2.05, 4.69) is 9.56 Å². The van der Waals surface area contributed by atoms with Crippen LogP contribution in [0.5, 0.6) is 0 Å². The molecule has 7 heavy (non-hydrogen) atoms. The Morgan fingerprint density at radius 1 is 1.43 bits per heavy atom. The zero-order valence-corrected chi connectivity index (χ0v) is 5.58. The Hall–Kier alpha value is 0.510. The second-order valence-electron chi connectivity index (χ2n) is 0.856. The number of hydrogen-bond donors (Lipinski definition) is 0. The second-order valence-corrected chi connectivity index (χ2v) is 2.77. The van der Waals surface area contributed by atoms with E-state index >= 15 is 0 Å². The van der Waals surface area contributed by atoms with E-state index in [0.717, 1.165) is 0 Å². The molecule has 1 rings (SSSR count). The first-order chi connectivity index (χ1) is 3.30. The van der Waals surface area contributed by atoms with Crippen molar-refractivity contribution in [3.8, 4) is 0 Å². The van der Waals surface area contributed by atoms with Crippen LogP contribution in [0.15, 0.2) is 9.99 Å². The quantitative estimate of drug-likeness (QED) is 0.398. The van der Waals surface area contributed by atoms with Gasteiger partial charge in [0.05, 0.1) is 0 Å². The van der Waals surface area contributed by atoms with Crippen LogP contribution in [0.4, 0.5) is 0 Å². The molecular formula is C2HCl2O2P. The van der Waals surface area contributed by atoms with Crippen LogP contribution in [0.1, 0.15) is 0 Å². The SMILES string of the molecule is ClC1=C(Cl)POO1. The fourth-order valence-corrected chi connectivity index (χ4v) is 0.817. The smallest absolute Gasteiger partial charge is 0.253 e. The highest BCUT2D eigenvalue weighted by atomic mass is 35.5. The van der Waals surface area contributed by atoms with Crippen molar-refractivity contribution >= 4 is 32.0 Å². The van der Waals surface area contributed by atoms with Gasteiger partial charge in [-0.25, -0.2) is 0 Å². The molecule has 0 aromatic heterocycles. The van der Waals surface area contributed by atoms with Crippen LogP contribution in [-0.2, 0) is 9.56 Å². The van der Waals surface area contributed by atoms with Gasteiger partial charge in [0.2, 0.25) is 0 Å². The Balaban J connectivity index is 2.64. The Morgan fingerprint density at radius 2 is 2.14 bits per heavy atom. The zero-order chi connectivity index (χ0) is 5.28. The van der Waals surface area contributed by atoms with Gasteiger partial charge in [-0.3, -0.25) is 0 Å². The lowest BCUT2D eigenvalue weighted by Gasteiger charge is -1.83. The van der Waals surface area contributed by atoms with E-state index in [1.807, 2.05) is 0 Å². The molecule has 1 aliphatic heterocycles. The van der Waals surface area contributed by atoms with Gasteiger partial charge < -0.3 is 4.89 Å². The van der Waals surface area contributed by atoms with Gasteiger partial charge in [-0.2, -0.15) is 4.67 Å². The van der Waals surface area contributed by atoms with Crippen molar-refractivity contribution in [3.05, 3.63) is 9.99 Å². The second kappa shape index (κ2) is 2.19. The van der Waals surface area contributed by atoms with Gasteiger partial charge in [-0.05, 0) is 11.6 Å². The Morgan fingerprint density at radius 3 is 2.29 bits per heavy atom. The summed E-state index contributed by atoms with van der Waals surface area (Å²) in [7, 11) is 0.0536. The highest BCUT2D eigenvalue weighted by molar-refractivity contribution is 7.41. The fraction of sp³-hybridized carbons (Fsp3) is 0. The van der Waals surface area contributed by atoms with E-state index in [0.29, 0.717) is 4.77 Å². The molecule has 0 saturated carbocycles. The molecule has 0 amide bonds. The first kappa shape index (κ1) is 5.64. The first-order valence-corrected chi connectivity index (χ1v) is 3.12. The molecule has 0 bridgehead atoms. The van der Waals surface area contributed by atoms with Gasteiger partial charge in [0.1, 0.15) is 13.6 Å². The minimum atomic E-state index is 0.0536. The molecule has 0 fully saturated rings. The van der Waals surface area contributed by atoms with Gasteiger partial charge in [-0.1, -0.05) is 11.6 Å². The lowest BCUT2D eigenvalue weighted by Crippen LogP contribution is -1.67. The molecule has 1 atom stereocenters. The number of hydrogen-bond acceptors (Lipinski definition) is 2. The van der Waals surface area contributed by atoms with Crippen molar-refractivity contribution in [2.75, 3.05) is 0 Å². The molecule has 5 heteroatoms. The third kappa shape index (κ3) is 1.20. The average molecular weight is 159 g/mol. The van der Waals surface area contributed by atoms with Crippen LogP contribution in [0.3, 0.4) is 0 Å².